The van der Waals surface area contributed by atoms with E-state index in [4.69, 9.17) is 9.47 Å². The SMILES string of the molecule is O=C1CC2(CCCCC2)Oc2cc(OCC(=O)N3C[C@H]4C[C@H](C3)c3cccc(=O)n3C4)ccc21. The molecule has 2 aromatic rings. The van der Waals surface area contributed by atoms with Gasteiger partial charge in [-0.05, 0) is 56.2 Å². The predicted octanol–water partition coefficient (Wildman–Crippen LogP) is 3.54. The lowest BCUT2D eigenvalue weighted by Crippen LogP contribution is -2.50. The number of pyridine rings is 1. The number of benzene rings is 1. The van der Waals surface area contributed by atoms with E-state index in [2.05, 4.69) is 0 Å². The molecular weight excluding hydrogens is 432 g/mol. The lowest BCUT2D eigenvalue weighted by molar-refractivity contribution is -0.136. The number of nitrogens with zero attached hydrogens (tertiary/aromatic N) is 2. The van der Waals surface area contributed by atoms with Crippen LogP contribution >= 0.6 is 0 Å². The van der Waals surface area contributed by atoms with Crippen LogP contribution in [0.1, 0.15) is 66.9 Å². The third-order valence-electron chi connectivity index (χ3n) is 8.02. The monoisotopic (exact) mass is 462 g/mol. The number of carbonyl (C=O) groups is 2. The van der Waals surface area contributed by atoms with E-state index < -0.39 is 0 Å². The Morgan fingerprint density at radius 3 is 2.76 bits per heavy atom. The Morgan fingerprint density at radius 1 is 1.06 bits per heavy atom. The molecular formula is C27H30N2O5. The van der Waals surface area contributed by atoms with Crippen molar-refractivity contribution in [2.24, 2.45) is 5.92 Å². The number of likely N-dealkylation sites (tertiary alicyclic amines) is 1. The molecule has 1 aromatic heterocycles. The van der Waals surface area contributed by atoms with Crippen LogP contribution in [0.2, 0.25) is 0 Å². The summed E-state index contributed by atoms with van der Waals surface area (Å²) in [5, 5.41) is 0. The maximum Gasteiger partial charge on any atom is 0.260 e. The van der Waals surface area contributed by atoms with Gasteiger partial charge in [-0.3, -0.25) is 14.4 Å². The summed E-state index contributed by atoms with van der Waals surface area (Å²) in [6.45, 7) is 1.85. The van der Waals surface area contributed by atoms with E-state index in [9.17, 15) is 14.4 Å². The highest BCUT2D eigenvalue weighted by atomic mass is 16.5. The van der Waals surface area contributed by atoms with Crippen molar-refractivity contribution in [3.05, 3.63) is 58.0 Å². The molecule has 178 valence electrons. The van der Waals surface area contributed by atoms with E-state index in [0.717, 1.165) is 37.8 Å². The molecule has 1 saturated heterocycles. The number of piperidine rings is 1. The predicted molar refractivity (Wildman–Crippen MR) is 125 cm³/mol. The van der Waals surface area contributed by atoms with Gasteiger partial charge in [0.1, 0.15) is 17.1 Å². The maximum absolute atomic E-state index is 13.0. The zero-order valence-electron chi connectivity index (χ0n) is 19.3. The van der Waals surface area contributed by atoms with Crippen LogP contribution in [0.25, 0.3) is 0 Å². The Bertz CT molecular complexity index is 1200. The molecule has 4 heterocycles. The Labute approximate surface area is 198 Å². The number of Topliss-reactive ketones (excluding diaryl/α,β-unsaturated/α-hetero) is 1. The first kappa shape index (κ1) is 21.4. The molecule has 2 fully saturated rings. The average molecular weight is 463 g/mol. The minimum Gasteiger partial charge on any atom is -0.486 e. The van der Waals surface area contributed by atoms with Crippen LogP contribution in [0, 0.1) is 5.92 Å². The minimum atomic E-state index is -0.374. The Hall–Kier alpha value is -3.09. The molecule has 1 amide bonds. The molecule has 1 saturated carbocycles. The van der Waals surface area contributed by atoms with E-state index in [-0.39, 0.29) is 41.3 Å². The first-order chi connectivity index (χ1) is 16.5. The fourth-order valence-corrected chi connectivity index (χ4v) is 6.38. The van der Waals surface area contributed by atoms with Crippen molar-refractivity contribution in [2.75, 3.05) is 19.7 Å². The third-order valence-corrected chi connectivity index (χ3v) is 8.02. The van der Waals surface area contributed by atoms with Gasteiger partial charge < -0.3 is 18.9 Å². The minimum absolute atomic E-state index is 0.0402. The molecule has 34 heavy (non-hydrogen) atoms. The Kier molecular flexibility index (Phi) is 5.23. The number of carbonyl (C=O) groups excluding carboxylic acids is 2. The van der Waals surface area contributed by atoms with Crippen molar-refractivity contribution >= 4 is 11.7 Å². The van der Waals surface area contributed by atoms with Gasteiger partial charge in [-0.15, -0.1) is 0 Å². The van der Waals surface area contributed by atoms with E-state index in [0.29, 0.717) is 43.1 Å². The van der Waals surface area contributed by atoms with E-state index >= 15 is 0 Å². The Morgan fingerprint density at radius 2 is 1.91 bits per heavy atom. The van der Waals surface area contributed by atoms with Crippen molar-refractivity contribution in [3.63, 3.8) is 0 Å². The van der Waals surface area contributed by atoms with Gasteiger partial charge in [0.25, 0.3) is 11.5 Å². The summed E-state index contributed by atoms with van der Waals surface area (Å²) in [6.07, 6.45) is 6.65. The third kappa shape index (κ3) is 3.81. The molecule has 2 bridgehead atoms. The van der Waals surface area contributed by atoms with Crippen LogP contribution < -0.4 is 15.0 Å². The summed E-state index contributed by atoms with van der Waals surface area (Å²) in [5.74, 6) is 1.66. The molecule has 0 radical (unpaired) electrons. The molecule has 0 N–H and O–H groups in total. The second kappa shape index (κ2) is 8.29. The molecule has 7 nitrogen and oxygen atoms in total. The summed E-state index contributed by atoms with van der Waals surface area (Å²) in [4.78, 5) is 39.8. The molecule has 1 spiro atoms. The van der Waals surface area contributed by atoms with Gasteiger partial charge in [0.15, 0.2) is 12.4 Å². The molecule has 1 aliphatic carbocycles. The largest absolute Gasteiger partial charge is 0.486 e. The van der Waals surface area contributed by atoms with Crippen LogP contribution in [0.4, 0.5) is 0 Å². The zero-order chi connectivity index (χ0) is 23.3. The fourth-order valence-electron chi connectivity index (χ4n) is 6.38. The molecule has 1 aromatic carbocycles. The lowest BCUT2D eigenvalue weighted by atomic mass is 9.78. The average Bonchev–Trinajstić information content (AvgIpc) is 2.83. The zero-order valence-corrected chi connectivity index (χ0v) is 19.3. The summed E-state index contributed by atoms with van der Waals surface area (Å²) in [5.41, 5.74) is 1.29. The smallest absolute Gasteiger partial charge is 0.260 e. The molecule has 4 aliphatic rings. The molecule has 0 unspecified atom stereocenters. The number of aromatic nitrogens is 1. The normalized spacial score (nSPS) is 24.7. The van der Waals surface area contributed by atoms with Crippen LogP contribution in [0.5, 0.6) is 11.5 Å². The van der Waals surface area contributed by atoms with Gasteiger partial charge in [-0.25, -0.2) is 0 Å². The van der Waals surface area contributed by atoms with Gasteiger partial charge in [0, 0.05) is 43.4 Å². The van der Waals surface area contributed by atoms with Crippen molar-refractivity contribution in [3.8, 4) is 11.5 Å². The second-order valence-corrected chi connectivity index (χ2v) is 10.4. The van der Waals surface area contributed by atoms with Crippen LogP contribution in [-0.2, 0) is 11.3 Å². The highest BCUT2D eigenvalue weighted by molar-refractivity contribution is 6.00. The lowest BCUT2D eigenvalue weighted by Gasteiger charge is -2.42. The fraction of sp³-hybridized carbons (Fsp3) is 0.519. The molecule has 6 rings (SSSR count). The molecule has 2 atom stereocenters. The van der Waals surface area contributed by atoms with Gasteiger partial charge in [-0.1, -0.05) is 12.5 Å². The summed E-state index contributed by atoms with van der Waals surface area (Å²) in [6, 6.07) is 10.7. The molecule has 7 heteroatoms. The standard InChI is InChI=1S/C27H30N2O5/c30-23-13-27(9-2-1-3-10-27)34-24-12-20(7-8-21(23)24)33-17-26(32)28-14-18-11-19(16-28)22-5-4-6-25(31)29(22)15-18/h4-8,12,18-19H,1-3,9-11,13-17H2/t18-,19-/m1/s1. The number of hydrogen-bond donors (Lipinski definition) is 0. The van der Waals surface area contributed by atoms with Crippen molar-refractivity contribution in [2.45, 2.75) is 63.0 Å². The topological polar surface area (TPSA) is 77.8 Å². The van der Waals surface area contributed by atoms with E-state index in [1.807, 2.05) is 15.5 Å². The van der Waals surface area contributed by atoms with Crippen LogP contribution in [0.3, 0.4) is 0 Å². The van der Waals surface area contributed by atoms with Crippen LogP contribution in [-0.4, -0.2) is 46.5 Å². The van der Waals surface area contributed by atoms with Gasteiger partial charge >= 0.3 is 0 Å². The van der Waals surface area contributed by atoms with E-state index in [1.165, 1.54) is 6.42 Å². The number of rotatable bonds is 3. The van der Waals surface area contributed by atoms with Crippen LogP contribution in [0.15, 0.2) is 41.2 Å². The summed E-state index contributed by atoms with van der Waals surface area (Å²) >= 11 is 0. The Balaban J connectivity index is 1.13. The maximum atomic E-state index is 13.0. The highest BCUT2D eigenvalue weighted by Crippen LogP contribution is 2.43. The van der Waals surface area contributed by atoms with Crippen molar-refractivity contribution in [1.29, 1.82) is 0 Å². The van der Waals surface area contributed by atoms with Crippen molar-refractivity contribution in [1.82, 2.24) is 9.47 Å². The first-order valence-corrected chi connectivity index (χ1v) is 12.5. The first-order valence-electron chi connectivity index (χ1n) is 12.5. The summed E-state index contributed by atoms with van der Waals surface area (Å²) < 4.78 is 14.1. The number of fused-ring (bicyclic) bond motifs is 5. The number of hydrogen-bond acceptors (Lipinski definition) is 5. The summed E-state index contributed by atoms with van der Waals surface area (Å²) in [7, 11) is 0. The second-order valence-electron chi connectivity index (χ2n) is 10.4. The van der Waals surface area contributed by atoms with Gasteiger partial charge in [0.2, 0.25) is 0 Å². The molecule has 3 aliphatic heterocycles. The number of ether oxygens (including phenoxy) is 2. The highest BCUT2D eigenvalue weighted by Gasteiger charge is 2.41. The van der Waals surface area contributed by atoms with E-state index in [1.54, 1.807) is 30.3 Å². The number of amides is 1. The number of ketones is 1. The van der Waals surface area contributed by atoms with Gasteiger partial charge in [-0.2, -0.15) is 0 Å². The van der Waals surface area contributed by atoms with Crippen molar-refractivity contribution < 1.29 is 19.1 Å². The van der Waals surface area contributed by atoms with Gasteiger partial charge in [0.05, 0.1) is 12.0 Å². The quantitative estimate of drug-likeness (QED) is 0.697.